The summed E-state index contributed by atoms with van der Waals surface area (Å²) >= 11 is 12.5. The van der Waals surface area contributed by atoms with Gasteiger partial charge in [0.2, 0.25) is 10.0 Å². The van der Waals surface area contributed by atoms with Gasteiger partial charge in [0.25, 0.3) is 0 Å². The van der Waals surface area contributed by atoms with Crippen molar-refractivity contribution >= 4 is 44.3 Å². The van der Waals surface area contributed by atoms with Gasteiger partial charge in [-0.3, -0.25) is 0 Å². The van der Waals surface area contributed by atoms with Crippen molar-refractivity contribution in [1.29, 1.82) is 0 Å². The average Bonchev–Trinajstić information content (AvgIpc) is 3.41. The molecule has 0 aliphatic heterocycles. The Hall–Kier alpha value is -2.60. The largest absolute Gasteiger partial charge is 0.243 e. The number of halogens is 2. The fourth-order valence-electron chi connectivity index (χ4n) is 3.47. The van der Waals surface area contributed by atoms with Gasteiger partial charge in [0, 0.05) is 10.9 Å². The molecule has 0 aliphatic carbocycles. The fourth-order valence-corrected chi connectivity index (χ4v) is 5.44. The Morgan fingerprint density at radius 2 is 1.77 bits per heavy atom. The van der Waals surface area contributed by atoms with E-state index in [1.54, 1.807) is 6.07 Å². The molecule has 0 saturated heterocycles. The van der Waals surface area contributed by atoms with Gasteiger partial charge in [0.05, 0.1) is 11.1 Å². The molecule has 0 saturated carbocycles. The van der Waals surface area contributed by atoms with Crippen LogP contribution < -0.4 is 4.72 Å². The number of fused-ring (bicyclic) bond motifs is 1. The summed E-state index contributed by atoms with van der Waals surface area (Å²) in [5.74, 6) is -0.269. The van der Waals surface area contributed by atoms with Crippen LogP contribution in [0.2, 0.25) is 10.0 Å². The van der Waals surface area contributed by atoms with Gasteiger partial charge in [0.15, 0.2) is 16.9 Å². The summed E-state index contributed by atoms with van der Waals surface area (Å²) in [5.41, 5.74) is 2.91. The number of rotatable bonds is 6. The van der Waals surface area contributed by atoms with Crippen LogP contribution in [0.1, 0.15) is 41.4 Å². The molecule has 4 rings (SSSR count). The molecule has 0 radical (unpaired) electrons. The zero-order valence-corrected chi connectivity index (χ0v) is 18.9. The number of nitrogens with one attached hydrogen (secondary N) is 2. The standard InChI is InChI=1S/C18H17Cl2N7O3S/c1-8-4-5-11(19)14(9(8)2)10(3)15(18-21-26-27-22-18)25-31(28,29)13-7-6-12(20)16-17(13)24-30-23-16/h4-7,10,15,25H,1-3H3,(H,21,22,26,27)/t10-,15+/m1/s1. The van der Waals surface area contributed by atoms with Gasteiger partial charge in [0.1, 0.15) is 4.90 Å². The van der Waals surface area contributed by atoms with Crippen molar-refractivity contribution in [2.24, 2.45) is 0 Å². The molecule has 0 aliphatic rings. The second-order valence-corrected chi connectivity index (χ2v) is 9.56. The van der Waals surface area contributed by atoms with E-state index in [9.17, 15) is 8.42 Å². The van der Waals surface area contributed by atoms with E-state index in [4.69, 9.17) is 23.2 Å². The number of aromatic nitrogens is 6. The van der Waals surface area contributed by atoms with Crippen molar-refractivity contribution in [3.8, 4) is 0 Å². The number of sulfonamides is 1. The quantitative estimate of drug-likeness (QED) is 0.426. The zero-order chi connectivity index (χ0) is 22.3. The minimum Gasteiger partial charge on any atom is -0.243 e. The molecule has 2 atom stereocenters. The van der Waals surface area contributed by atoms with E-state index >= 15 is 0 Å². The Morgan fingerprint density at radius 1 is 1.06 bits per heavy atom. The molecule has 0 bridgehead atoms. The highest BCUT2D eigenvalue weighted by Gasteiger charge is 2.33. The van der Waals surface area contributed by atoms with Crippen LogP contribution in [-0.2, 0) is 10.0 Å². The van der Waals surface area contributed by atoms with E-state index in [1.807, 2.05) is 26.8 Å². The fraction of sp³-hybridized carbons (Fsp3) is 0.278. The monoisotopic (exact) mass is 481 g/mol. The lowest BCUT2D eigenvalue weighted by Crippen LogP contribution is -2.33. The lowest BCUT2D eigenvalue weighted by molar-refractivity contribution is 0.315. The predicted octanol–water partition coefficient (Wildman–Crippen LogP) is 3.48. The van der Waals surface area contributed by atoms with Crippen molar-refractivity contribution < 1.29 is 13.0 Å². The summed E-state index contributed by atoms with van der Waals surface area (Å²) in [5, 5.41) is 22.1. The van der Waals surface area contributed by atoms with Crippen molar-refractivity contribution in [3.63, 3.8) is 0 Å². The van der Waals surface area contributed by atoms with Crippen LogP contribution in [0.3, 0.4) is 0 Å². The Bertz CT molecular complexity index is 1360. The van der Waals surface area contributed by atoms with Crippen LogP contribution in [0, 0.1) is 13.8 Å². The minimum atomic E-state index is -4.12. The SMILES string of the molecule is Cc1ccc(Cl)c([C@@H](C)[C@H](NS(=O)(=O)c2ccc(Cl)c3nonc23)c2nn[nH]n2)c1C. The molecule has 0 amide bonds. The molecule has 4 aromatic rings. The molecule has 0 fully saturated rings. The molecule has 31 heavy (non-hydrogen) atoms. The number of nitrogens with zero attached hydrogens (tertiary/aromatic N) is 5. The van der Waals surface area contributed by atoms with E-state index < -0.39 is 22.0 Å². The lowest BCUT2D eigenvalue weighted by Gasteiger charge is -2.25. The van der Waals surface area contributed by atoms with Gasteiger partial charge in [-0.1, -0.05) is 41.4 Å². The Balaban J connectivity index is 1.81. The molecule has 162 valence electrons. The second kappa shape index (κ2) is 8.15. The van der Waals surface area contributed by atoms with Gasteiger partial charge >= 0.3 is 0 Å². The van der Waals surface area contributed by atoms with Crippen molar-refractivity contribution in [3.05, 3.63) is 56.8 Å². The maximum atomic E-state index is 13.4. The van der Waals surface area contributed by atoms with E-state index in [0.717, 1.165) is 16.7 Å². The number of H-pyrrole nitrogens is 1. The normalized spacial score (nSPS) is 14.1. The molecule has 0 spiro atoms. The summed E-state index contributed by atoms with van der Waals surface area (Å²) in [7, 11) is -4.12. The Morgan fingerprint density at radius 3 is 2.48 bits per heavy atom. The summed E-state index contributed by atoms with van der Waals surface area (Å²) in [6, 6.07) is 5.55. The van der Waals surface area contributed by atoms with Crippen LogP contribution in [0.4, 0.5) is 0 Å². The Kier molecular flexibility index (Phi) is 5.69. The lowest BCUT2D eigenvalue weighted by atomic mass is 9.88. The highest BCUT2D eigenvalue weighted by Crippen LogP contribution is 2.38. The maximum Gasteiger partial charge on any atom is 0.243 e. The van der Waals surface area contributed by atoms with Crippen LogP contribution in [0.25, 0.3) is 11.0 Å². The molecule has 0 unspecified atom stereocenters. The number of benzene rings is 2. The van der Waals surface area contributed by atoms with Crippen molar-refractivity contribution in [2.75, 3.05) is 0 Å². The Labute approximate surface area is 187 Å². The van der Waals surface area contributed by atoms with Gasteiger partial charge in [-0.25, -0.2) is 13.0 Å². The third-order valence-electron chi connectivity index (χ3n) is 5.23. The summed E-state index contributed by atoms with van der Waals surface area (Å²) in [6.07, 6.45) is 0. The number of hydrogen-bond donors (Lipinski definition) is 2. The van der Waals surface area contributed by atoms with Gasteiger partial charge in [-0.05, 0) is 59.1 Å². The molecular formula is C18H17Cl2N7O3S. The minimum absolute atomic E-state index is 0.0179. The molecule has 10 nitrogen and oxygen atoms in total. The first kappa shape index (κ1) is 21.6. The first-order valence-electron chi connectivity index (χ1n) is 9.12. The van der Waals surface area contributed by atoms with Crippen LogP contribution in [0.15, 0.2) is 33.8 Å². The van der Waals surface area contributed by atoms with Gasteiger partial charge in [-0.15, -0.1) is 10.2 Å². The van der Waals surface area contributed by atoms with Gasteiger partial charge in [-0.2, -0.15) is 9.94 Å². The van der Waals surface area contributed by atoms with Crippen LogP contribution in [0.5, 0.6) is 0 Å². The van der Waals surface area contributed by atoms with E-state index in [0.29, 0.717) is 5.02 Å². The maximum absolute atomic E-state index is 13.4. The summed E-state index contributed by atoms with van der Waals surface area (Å²) < 4.78 is 34.0. The third kappa shape index (κ3) is 3.89. The molecule has 2 aromatic heterocycles. The topological polar surface area (TPSA) is 140 Å². The van der Waals surface area contributed by atoms with Crippen molar-refractivity contribution in [2.45, 2.75) is 37.6 Å². The number of aromatic amines is 1. The second-order valence-electron chi connectivity index (χ2n) is 7.07. The molecule has 2 aromatic carbocycles. The number of aryl methyl sites for hydroxylation is 1. The third-order valence-corrected chi connectivity index (χ3v) is 7.34. The van der Waals surface area contributed by atoms with Gasteiger partial charge < -0.3 is 0 Å². The molecule has 2 N–H and O–H groups in total. The van der Waals surface area contributed by atoms with Crippen molar-refractivity contribution in [1.82, 2.24) is 35.7 Å². The number of tetrazole rings is 1. The molecule has 13 heteroatoms. The predicted molar refractivity (Wildman–Crippen MR) is 113 cm³/mol. The first-order chi connectivity index (χ1) is 14.7. The molecular weight excluding hydrogens is 465 g/mol. The highest BCUT2D eigenvalue weighted by atomic mass is 35.5. The van der Waals surface area contributed by atoms with Crippen LogP contribution in [-0.4, -0.2) is 39.4 Å². The summed E-state index contributed by atoms with van der Waals surface area (Å²) in [4.78, 5) is -0.138. The van der Waals surface area contributed by atoms with E-state index in [2.05, 4.69) is 40.3 Å². The average molecular weight is 482 g/mol. The van der Waals surface area contributed by atoms with E-state index in [-0.39, 0.29) is 26.8 Å². The van der Waals surface area contributed by atoms with Crippen LogP contribution >= 0.6 is 23.2 Å². The highest BCUT2D eigenvalue weighted by molar-refractivity contribution is 7.89. The summed E-state index contributed by atoms with van der Waals surface area (Å²) in [6.45, 7) is 5.72. The number of hydrogen-bond acceptors (Lipinski definition) is 8. The molecule has 2 heterocycles. The smallest absolute Gasteiger partial charge is 0.243 e. The zero-order valence-electron chi connectivity index (χ0n) is 16.6. The first-order valence-corrected chi connectivity index (χ1v) is 11.4. The van der Waals surface area contributed by atoms with E-state index in [1.165, 1.54) is 12.1 Å².